The zero-order chi connectivity index (χ0) is 21.1. The molecule has 0 saturated carbocycles. The van der Waals surface area contributed by atoms with E-state index in [4.69, 9.17) is 9.94 Å². The van der Waals surface area contributed by atoms with Gasteiger partial charge in [-0.05, 0) is 43.9 Å². The molecule has 1 amide bonds. The zero-order valence-electron chi connectivity index (χ0n) is 16.5. The van der Waals surface area contributed by atoms with E-state index in [1.807, 2.05) is 31.2 Å². The molecule has 2 unspecified atom stereocenters. The zero-order valence-corrected chi connectivity index (χ0v) is 17.3. The van der Waals surface area contributed by atoms with Crippen molar-refractivity contribution in [3.8, 4) is 0 Å². The highest BCUT2D eigenvalue weighted by atomic mass is 32.2. The predicted molar refractivity (Wildman–Crippen MR) is 106 cm³/mol. The van der Waals surface area contributed by atoms with E-state index in [9.17, 15) is 18.3 Å². The average molecular weight is 428 g/mol. The van der Waals surface area contributed by atoms with E-state index in [0.717, 1.165) is 11.1 Å². The number of aryl methyl sites for hydroxylation is 1. The SMILES string of the molecule is Cc1ccccc1COC1CCN(S(=O)(=O)C2CCNCC2(O)C(=O)NO)CC1. The van der Waals surface area contributed by atoms with Gasteiger partial charge in [0.1, 0.15) is 5.25 Å². The van der Waals surface area contributed by atoms with Crippen LogP contribution in [-0.2, 0) is 26.2 Å². The highest BCUT2D eigenvalue weighted by Gasteiger charge is 2.53. The summed E-state index contributed by atoms with van der Waals surface area (Å²) in [6.07, 6.45) is 1.12. The Kier molecular flexibility index (Phi) is 6.92. The molecular formula is C19H29N3O6S. The minimum atomic E-state index is -3.93. The van der Waals surface area contributed by atoms with Crippen molar-refractivity contribution in [2.24, 2.45) is 0 Å². The number of hydrogen-bond acceptors (Lipinski definition) is 7. The molecule has 9 nitrogen and oxygen atoms in total. The molecule has 2 aliphatic heterocycles. The number of hydroxylamine groups is 1. The lowest BCUT2D eigenvalue weighted by atomic mass is 9.93. The molecule has 29 heavy (non-hydrogen) atoms. The number of nitrogens with zero attached hydrogens (tertiary/aromatic N) is 1. The number of carbonyl (C=O) groups is 1. The Hall–Kier alpha value is -1.56. The second-order valence-corrected chi connectivity index (χ2v) is 9.82. The Bertz CT molecular complexity index is 825. The largest absolute Gasteiger partial charge is 0.377 e. The van der Waals surface area contributed by atoms with Crippen molar-refractivity contribution in [2.75, 3.05) is 26.2 Å². The number of aliphatic hydroxyl groups is 1. The summed E-state index contributed by atoms with van der Waals surface area (Å²) in [4.78, 5) is 12.0. The van der Waals surface area contributed by atoms with E-state index in [-0.39, 0.29) is 32.2 Å². The number of β-amino-alcohol motifs (C(OH)–C–C–N with tert-alkyl or cyclic N) is 1. The molecule has 0 aromatic heterocycles. The molecular weight excluding hydrogens is 398 g/mol. The summed E-state index contributed by atoms with van der Waals surface area (Å²) in [5.41, 5.74) is 1.44. The van der Waals surface area contributed by atoms with Crippen LogP contribution in [0.3, 0.4) is 0 Å². The maximum absolute atomic E-state index is 13.1. The number of ether oxygens (including phenoxy) is 1. The van der Waals surface area contributed by atoms with Crippen molar-refractivity contribution < 1.29 is 28.3 Å². The van der Waals surface area contributed by atoms with Crippen LogP contribution in [0.25, 0.3) is 0 Å². The predicted octanol–water partition coefficient (Wildman–Crippen LogP) is -0.0958. The smallest absolute Gasteiger partial charge is 0.278 e. The van der Waals surface area contributed by atoms with Gasteiger partial charge in [0.05, 0.1) is 12.7 Å². The van der Waals surface area contributed by atoms with Crippen LogP contribution in [0, 0.1) is 6.92 Å². The molecule has 2 fully saturated rings. The molecule has 1 aromatic carbocycles. The fraction of sp³-hybridized carbons (Fsp3) is 0.632. The summed E-state index contributed by atoms with van der Waals surface area (Å²) in [6.45, 7) is 3.16. The van der Waals surface area contributed by atoms with Crippen LogP contribution in [0.2, 0.25) is 0 Å². The van der Waals surface area contributed by atoms with Gasteiger partial charge in [-0.25, -0.2) is 18.2 Å². The quantitative estimate of drug-likeness (QED) is 0.369. The van der Waals surface area contributed by atoms with Crippen LogP contribution in [0.5, 0.6) is 0 Å². The summed E-state index contributed by atoms with van der Waals surface area (Å²) in [5.74, 6) is -1.12. The standard InChI is InChI=1S/C19H29N3O6S/c1-14-4-2-3-5-15(14)12-28-16-7-10-22(11-8-16)29(26,27)17-6-9-20-13-19(17,24)18(23)21-25/h2-5,16-17,20,24-25H,6-13H2,1H3,(H,21,23). The van der Waals surface area contributed by atoms with Gasteiger partial charge < -0.3 is 15.2 Å². The number of hydrogen-bond donors (Lipinski definition) is 4. The topological polar surface area (TPSA) is 128 Å². The second-order valence-electron chi connectivity index (χ2n) is 7.70. The lowest BCUT2D eigenvalue weighted by molar-refractivity contribution is -0.150. The molecule has 0 aliphatic carbocycles. The normalized spacial score (nSPS) is 26.9. The number of benzene rings is 1. The molecule has 2 atom stereocenters. The van der Waals surface area contributed by atoms with Crippen molar-refractivity contribution in [3.63, 3.8) is 0 Å². The monoisotopic (exact) mass is 427 g/mol. The lowest BCUT2D eigenvalue weighted by Crippen LogP contribution is -2.67. The third-order valence-electron chi connectivity index (χ3n) is 5.86. The number of rotatable bonds is 6. The Balaban J connectivity index is 1.61. The lowest BCUT2D eigenvalue weighted by Gasteiger charge is -2.41. The van der Waals surface area contributed by atoms with Gasteiger partial charge in [0.2, 0.25) is 10.0 Å². The summed E-state index contributed by atoms with van der Waals surface area (Å²) < 4.78 is 33.6. The van der Waals surface area contributed by atoms with Crippen molar-refractivity contribution in [3.05, 3.63) is 35.4 Å². The third-order valence-corrected chi connectivity index (χ3v) is 8.29. The summed E-state index contributed by atoms with van der Waals surface area (Å²) in [6, 6.07) is 7.97. The van der Waals surface area contributed by atoms with Crippen molar-refractivity contribution in [1.82, 2.24) is 15.1 Å². The minimum Gasteiger partial charge on any atom is -0.377 e. The molecule has 0 bridgehead atoms. The summed E-state index contributed by atoms with van der Waals surface area (Å²) >= 11 is 0. The van der Waals surface area contributed by atoms with E-state index < -0.39 is 26.8 Å². The van der Waals surface area contributed by atoms with E-state index in [2.05, 4.69) is 5.32 Å². The maximum atomic E-state index is 13.1. The Morgan fingerprint density at radius 3 is 2.66 bits per heavy atom. The highest BCUT2D eigenvalue weighted by Crippen LogP contribution is 2.29. The maximum Gasteiger partial charge on any atom is 0.278 e. The number of nitrogens with one attached hydrogen (secondary N) is 2. The number of carbonyl (C=O) groups excluding carboxylic acids is 1. The molecule has 0 spiro atoms. The second kappa shape index (κ2) is 9.07. The van der Waals surface area contributed by atoms with Gasteiger partial charge in [-0.2, -0.15) is 0 Å². The van der Waals surface area contributed by atoms with Crippen LogP contribution in [0.1, 0.15) is 30.4 Å². The minimum absolute atomic E-state index is 0.0475. The van der Waals surface area contributed by atoms with Crippen molar-refractivity contribution in [1.29, 1.82) is 0 Å². The fourth-order valence-electron chi connectivity index (χ4n) is 4.00. The summed E-state index contributed by atoms with van der Waals surface area (Å²) in [7, 11) is -3.93. The molecule has 10 heteroatoms. The van der Waals surface area contributed by atoms with Crippen LogP contribution in [-0.4, -0.2) is 72.1 Å². The van der Waals surface area contributed by atoms with Gasteiger partial charge in [0.15, 0.2) is 5.60 Å². The van der Waals surface area contributed by atoms with Crippen molar-refractivity contribution >= 4 is 15.9 Å². The third kappa shape index (κ3) is 4.62. The fourth-order valence-corrected chi connectivity index (χ4v) is 6.17. The van der Waals surface area contributed by atoms with Gasteiger partial charge in [-0.1, -0.05) is 24.3 Å². The van der Waals surface area contributed by atoms with Crippen molar-refractivity contribution in [2.45, 2.75) is 49.7 Å². The van der Waals surface area contributed by atoms with Crippen LogP contribution >= 0.6 is 0 Å². The Morgan fingerprint density at radius 2 is 2.00 bits per heavy atom. The molecule has 2 saturated heterocycles. The molecule has 162 valence electrons. The van der Waals surface area contributed by atoms with E-state index in [1.54, 1.807) is 0 Å². The van der Waals surface area contributed by atoms with E-state index >= 15 is 0 Å². The molecule has 4 N–H and O–H groups in total. The van der Waals surface area contributed by atoms with Gasteiger partial charge in [0, 0.05) is 19.6 Å². The number of sulfonamides is 1. The van der Waals surface area contributed by atoms with Crippen LogP contribution < -0.4 is 10.8 Å². The highest BCUT2D eigenvalue weighted by molar-refractivity contribution is 7.89. The first kappa shape index (κ1) is 22.1. The van der Waals surface area contributed by atoms with Gasteiger partial charge in [0.25, 0.3) is 5.91 Å². The number of piperidine rings is 2. The Morgan fingerprint density at radius 1 is 1.31 bits per heavy atom. The molecule has 3 rings (SSSR count). The van der Waals surface area contributed by atoms with Crippen LogP contribution in [0.4, 0.5) is 0 Å². The number of amides is 1. The van der Waals surface area contributed by atoms with Gasteiger partial charge in [-0.15, -0.1) is 0 Å². The van der Waals surface area contributed by atoms with Crippen LogP contribution in [0.15, 0.2) is 24.3 Å². The molecule has 2 aliphatic rings. The average Bonchev–Trinajstić information content (AvgIpc) is 2.73. The first-order chi connectivity index (χ1) is 13.8. The molecule has 1 aromatic rings. The van der Waals surface area contributed by atoms with E-state index in [0.29, 0.717) is 26.0 Å². The molecule has 2 heterocycles. The van der Waals surface area contributed by atoms with E-state index in [1.165, 1.54) is 9.79 Å². The van der Waals surface area contributed by atoms with Gasteiger partial charge in [-0.3, -0.25) is 10.0 Å². The molecule has 0 radical (unpaired) electrons. The summed E-state index contributed by atoms with van der Waals surface area (Å²) in [5, 5.41) is 21.1. The Labute approximate surface area is 171 Å². The first-order valence-electron chi connectivity index (χ1n) is 9.81. The first-order valence-corrected chi connectivity index (χ1v) is 11.3. The van der Waals surface area contributed by atoms with Gasteiger partial charge >= 0.3 is 0 Å².